The van der Waals surface area contributed by atoms with Crippen LogP contribution in [0, 0.1) is 11.2 Å². The molecular weight excluding hydrogens is 133 g/mol. The van der Waals surface area contributed by atoms with Crippen LogP contribution in [0.15, 0.2) is 24.3 Å². The van der Waals surface area contributed by atoms with Gasteiger partial charge in [-0.1, -0.05) is 0 Å². The minimum Gasteiger partial charge on any atom is -0.207 e. The molecule has 1 N–H and O–H groups in total. The minimum atomic E-state index is -0.316. The zero-order valence-corrected chi connectivity index (χ0v) is 5.08. The molecule has 0 bridgehead atoms. The van der Waals surface area contributed by atoms with Crippen molar-refractivity contribution in [1.29, 1.82) is 5.39 Å². The Morgan fingerprint density at radius 2 is 1.90 bits per heavy atom. The molecule has 1 aromatic carbocycles. The van der Waals surface area contributed by atoms with Crippen molar-refractivity contribution < 1.29 is 4.39 Å². The zero-order valence-electron chi connectivity index (χ0n) is 5.08. The van der Waals surface area contributed by atoms with E-state index in [1.165, 1.54) is 24.3 Å². The number of diazo groups is 1. The summed E-state index contributed by atoms with van der Waals surface area (Å²) in [6.07, 6.45) is 0. The maximum Gasteiger partial charge on any atom is 0.308 e. The van der Waals surface area contributed by atoms with Crippen LogP contribution in [-0.4, -0.2) is 0 Å². The van der Waals surface area contributed by atoms with Crippen molar-refractivity contribution in [2.24, 2.45) is 0 Å². The molecule has 0 fully saturated rings. The van der Waals surface area contributed by atoms with Crippen LogP contribution in [0.3, 0.4) is 0 Å². The molecule has 1 rings (SSSR count). The summed E-state index contributed by atoms with van der Waals surface area (Å²) in [6.45, 7) is 0. The number of nitrogens with zero attached hydrogens (tertiary/aromatic N) is 2. The maximum atomic E-state index is 12.2. The predicted octanol–water partition coefficient (Wildman–Crippen LogP) is 2.01. The van der Waals surface area contributed by atoms with E-state index in [0.29, 0.717) is 5.69 Å². The minimum absolute atomic E-state index is 0.316. The first kappa shape index (κ1) is 6.49. The fourth-order valence-electron chi connectivity index (χ4n) is 0.582. The summed E-state index contributed by atoms with van der Waals surface area (Å²) in [5.41, 5.74) is 2.79. The van der Waals surface area contributed by atoms with Crippen molar-refractivity contribution in [2.45, 2.75) is 0 Å². The topological polar surface area (TPSA) is 40.2 Å². The zero-order chi connectivity index (χ0) is 7.40. The number of anilines is 1. The van der Waals surface area contributed by atoms with Gasteiger partial charge in [-0.05, 0) is 29.7 Å². The molecular formula is C6H5FN3+. The Balaban J connectivity index is 2.81. The molecule has 0 aliphatic heterocycles. The van der Waals surface area contributed by atoms with E-state index in [-0.39, 0.29) is 5.82 Å². The number of nitrogens with one attached hydrogen (secondary N) is 1. The third kappa shape index (κ3) is 1.42. The second-order valence-electron chi connectivity index (χ2n) is 1.72. The van der Waals surface area contributed by atoms with Crippen molar-refractivity contribution in [2.75, 3.05) is 5.43 Å². The van der Waals surface area contributed by atoms with Gasteiger partial charge >= 0.3 is 5.08 Å². The van der Waals surface area contributed by atoms with Crippen LogP contribution in [0.4, 0.5) is 10.1 Å². The van der Waals surface area contributed by atoms with Gasteiger partial charge in [0.25, 0.3) is 5.39 Å². The summed E-state index contributed by atoms with van der Waals surface area (Å²) >= 11 is 0. The molecule has 0 atom stereocenters. The van der Waals surface area contributed by atoms with Gasteiger partial charge in [0.2, 0.25) is 0 Å². The van der Waals surface area contributed by atoms with Gasteiger partial charge in [0.1, 0.15) is 11.5 Å². The number of benzene rings is 1. The fraction of sp³-hybridized carbons (Fsp3) is 0. The molecule has 1 aromatic rings. The summed E-state index contributed by atoms with van der Waals surface area (Å²) in [6, 6.07) is 5.48. The smallest absolute Gasteiger partial charge is 0.207 e. The molecule has 3 nitrogen and oxygen atoms in total. The lowest BCUT2D eigenvalue weighted by atomic mass is 10.3. The molecule has 10 heavy (non-hydrogen) atoms. The summed E-state index contributed by atoms with van der Waals surface area (Å²) < 4.78 is 12.2. The van der Waals surface area contributed by atoms with Gasteiger partial charge < -0.3 is 0 Å². The van der Waals surface area contributed by atoms with Crippen LogP contribution in [0.5, 0.6) is 0 Å². The summed E-state index contributed by atoms with van der Waals surface area (Å²) in [5, 5.41) is 10.7. The van der Waals surface area contributed by atoms with Gasteiger partial charge in [-0.25, -0.2) is 4.39 Å². The second-order valence-corrected chi connectivity index (χ2v) is 1.72. The van der Waals surface area contributed by atoms with Gasteiger partial charge in [-0.3, -0.25) is 0 Å². The van der Waals surface area contributed by atoms with Crippen LogP contribution >= 0.6 is 0 Å². The molecule has 0 radical (unpaired) electrons. The van der Waals surface area contributed by atoms with E-state index >= 15 is 0 Å². The first-order valence-corrected chi connectivity index (χ1v) is 2.68. The molecule has 0 saturated carbocycles. The van der Waals surface area contributed by atoms with Crippen molar-refractivity contribution >= 4 is 5.69 Å². The third-order valence-corrected chi connectivity index (χ3v) is 1.02. The lowest BCUT2D eigenvalue weighted by molar-refractivity contribution is 0.628. The molecule has 0 heterocycles. The highest BCUT2D eigenvalue weighted by atomic mass is 19.1. The van der Waals surface area contributed by atoms with Gasteiger partial charge in [0.15, 0.2) is 0 Å². The predicted molar refractivity (Wildman–Crippen MR) is 35.1 cm³/mol. The molecule has 4 heteroatoms. The van der Waals surface area contributed by atoms with E-state index in [4.69, 9.17) is 5.39 Å². The van der Waals surface area contributed by atoms with Crippen LogP contribution in [0.25, 0.3) is 5.08 Å². The number of hydrogen-bond acceptors (Lipinski definition) is 2. The molecule has 0 amide bonds. The normalized spacial score (nSPS) is 8.40. The van der Waals surface area contributed by atoms with Crippen molar-refractivity contribution in [1.82, 2.24) is 0 Å². The molecule has 0 aliphatic carbocycles. The number of rotatable bonds is 1. The van der Waals surface area contributed by atoms with E-state index < -0.39 is 0 Å². The van der Waals surface area contributed by atoms with Crippen molar-refractivity contribution in [3.8, 4) is 0 Å². The lowest BCUT2D eigenvalue weighted by Crippen LogP contribution is -1.82. The first-order valence-electron chi connectivity index (χ1n) is 2.68. The maximum absolute atomic E-state index is 12.2. The van der Waals surface area contributed by atoms with Crippen molar-refractivity contribution in [3.63, 3.8) is 0 Å². The first-order chi connectivity index (χ1) is 4.83. The highest BCUT2D eigenvalue weighted by molar-refractivity contribution is 5.43. The van der Waals surface area contributed by atoms with E-state index in [2.05, 4.69) is 10.5 Å². The highest BCUT2D eigenvalue weighted by Gasteiger charge is 1.95. The number of halogens is 1. The van der Waals surface area contributed by atoms with Crippen LogP contribution in [-0.2, 0) is 0 Å². The highest BCUT2D eigenvalue weighted by Crippen LogP contribution is 2.07. The molecule has 0 spiro atoms. The Morgan fingerprint density at radius 3 is 2.40 bits per heavy atom. The quantitative estimate of drug-likeness (QED) is 0.476. The number of hydrogen-bond donors (Lipinski definition) is 1. The molecule has 0 saturated heterocycles. The van der Waals surface area contributed by atoms with Gasteiger partial charge in [0, 0.05) is 0 Å². The SMILES string of the molecule is N#[N+]Nc1ccc(F)cc1. The largest absolute Gasteiger partial charge is 0.308 e. The van der Waals surface area contributed by atoms with Gasteiger partial charge in [-0.15, -0.1) is 0 Å². The fourth-order valence-corrected chi connectivity index (χ4v) is 0.582. The Hall–Kier alpha value is -1.63. The standard InChI is InChI=1S/C6H5FN3/c7-5-1-3-6(4-2-5)9-10-8/h1-4,9H/q+1. The van der Waals surface area contributed by atoms with Crippen LogP contribution < -0.4 is 5.43 Å². The Labute approximate surface area is 57.1 Å². The molecule has 50 valence electrons. The molecule has 0 aliphatic rings. The van der Waals surface area contributed by atoms with Crippen LogP contribution in [0.2, 0.25) is 0 Å². The third-order valence-electron chi connectivity index (χ3n) is 1.02. The van der Waals surface area contributed by atoms with Gasteiger partial charge in [-0.2, -0.15) is 0 Å². The molecule has 0 aromatic heterocycles. The van der Waals surface area contributed by atoms with Crippen molar-refractivity contribution in [3.05, 3.63) is 35.2 Å². The summed E-state index contributed by atoms with van der Waals surface area (Å²) in [4.78, 5) is 0. The monoisotopic (exact) mass is 138 g/mol. The van der Waals surface area contributed by atoms with E-state index in [1.807, 2.05) is 0 Å². The second kappa shape index (κ2) is 2.78. The van der Waals surface area contributed by atoms with E-state index in [9.17, 15) is 4.39 Å². The molecule has 0 unspecified atom stereocenters. The summed E-state index contributed by atoms with van der Waals surface area (Å²) in [7, 11) is 0. The lowest BCUT2D eigenvalue weighted by Gasteiger charge is -1.86. The van der Waals surface area contributed by atoms with Crippen LogP contribution in [0.1, 0.15) is 0 Å². The van der Waals surface area contributed by atoms with E-state index in [0.717, 1.165) is 0 Å². The van der Waals surface area contributed by atoms with Gasteiger partial charge in [0.05, 0.1) is 0 Å². The summed E-state index contributed by atoms with van der Waals surface area (Å²) in [5.74, 6) is -0.316. The Kier molecular flexibility index (Phi) is 1.80. The Morgan fingerprint density at radius 1 is 1.30 bits per heavy atom. The Bertz CT molecular complexity index is 249. The van der Waals surface area contributed by atoms with E-state index in [1.54, 1.807) is 0 Å². The average molecular weight is 138 g/mol. The average Bonchev–Trinajstić information content (AvgIpc) is 1.95.